The number of anilines is 1. The predicted octanol–water partition coefficient (Wildman–Crippen LogP) is 4.97. The van der Waals surface area contributed by atoms with Gasteiger partial charge in [-0.2, -0.15) is 0 Å². The number of nitrogens with zero attached hydrogens (tertiary/aromatic N) is 2. The molecule has 7 nitrogen and oxygen atoms in total. The average Bonchev–Trinajstić information content (AvgIpc) is 2.92. The summed E-state index contributed by atoms with van der Waals surface area (Å²) in [6.07, 6.45) is 5.07. The van der Waals surface area contributed by atoms with Crippen molar-refractivity contribution in [3.8, 4) is 5.75 Å². The summed E-state index contributed by atoms with van der Waals surface area (Å²) in [4.78, 5) is 15.2. The van der Waals surface area contributed by atoms with E-state index < -0.39 is 10.0 Å². The first-order valence-corrected chi connectivity index (χ1v) is 15.0. The number of sulfonamides is 1. The van der Waals surface area contributed by atoms with E-state index in [1.807, 2.05) is 13.0 Å². The van der Waals surface area contributed by atoms with Crippen LogP contribution in [-0.2, 0) is 29.7 Å². The van der Waals surface area contributed by atoms with Gasteiger partial charge in [0.25, 0.3) is 5.91 Å². The minimum absolute atomic E-state index is 0.134. The zero-order valence-corrected chi connectivity index (χ0v) is 23.0. The number of nitrogens with one attached hydrogen (secondary N) is 1. The second-order valence-corrected chi connectivity index (χ2v) is 11.6. The number of rotatable bonds is 11. The number of hydrogen-bond donors (Lipinski definition) is 1. The van der Waals surface area contributed by atoms with Crippen LogP contribution in [0, 0.1) is 0 Å². The fourth-order valence-corrected chi connectivity index (χ4v) is 5.56. The first-order valence-electron chi connectivity index (χ1n) is 13.2. The van der Waals surface area contributed by atoms with Gasteiger partial charge in [-0.15, -0.1) is 0 Å². The molecule has 8 heteroatoms. The molecule has 1 fully saturated rings. The zero-order valence-electron chi connectivity index (χ0n) is 22.2. The van der Waals surface area contributed by atoms with E-state index in [0.717, 1.165) is 17.7 Å². The molecule has 3 aromatic rings. The Kier molecular flexibility index (Phi) is 9.42. The highest BCUT2D eigenvalue weighted by molar-refractivity contribution is 7.92. The summed E-state index contributed by atoms with van der Waals surface area (Å²) in [6.45, 7) is 6.19. The SMILES string of the molecule is CCOc1ccccc1N(Cc1ccc(C(=O)NCc2ccc(CN3CCCCC3)cc2)cc1)S(C)(=O)=O. The third-order valence-corrected chi connectivity index (χ3v) is 7.83. The molecule has 202 valence electrons. The third-order valence-electron chi connectivity index (χ3n) is 6.71. The number of piperidine rings is 1. The lowest BCUT2D eigenvalue weighted by Gasteiger charge is -2.26. The van der Waals surface area contributed by atoms with E-state index in [1.54, 1.807) is 42.5 Å². The van der Waals surface area contributed by atoms with Crippen molar-refractivity contribution in [3.05, 3.63) is 95.1 Å². The van der Waals surface area contributed by atoms with Crippen molar-refractivity contribution in [2.24, 2.45) is 0 Å². The maximum Gasteiger partial charge on any atom is 0.251 e. The van der Waals surface area contributed by atoms with Gasteiger partial charge in [-0.25, -0.2) is 8.42 Å². The van der Waals surface area contributed by atoms with Gasteiger partial charge in [0, 0.05) is 18.7 Å². The molecule has 1 amide bonds. The Hall–Kier alpha value is -3.36. The molecule has 0 atom stereocenters. The molecule has 0 spiro atoms. The summed E-state index contributed by atoms with van der Waals surface area (Å²) in [5, 5.41) is 2.98. The number of hydrogen-bond acceptors (Lipinski definition) is 5. The summed E-state index contributed by atoms with van der Waals surface area (Å²) >= 11 is 0. The van der Waals surface area contributed by atoms with Crippen LogP contribution in [0.1, 0.15) is 53.2 Å². The van der Waals surface area contributed by atoms with Crippen molar-refractivity contribution in [1.82, 2.24) is 10.2 Å². The van der Waals surface area contributed by atoms with Crippen LogP contribution in [0.25, 0.3) is 0 Å². The van der Waals surface area contributed by atoms with Crippen LogP contribution in [0.5, 0.6) is 5.75 Å². The van der Waals surface area contributed by atoms with Crippen molar-refractivity contribution in [3.63, 3.8) is 0 Å². The number of amides is 1. The molecule has 0 bridgehead atoms. The Bertz CT molecular complexity index is 1300. The molecule has 1 aliphatic rings. The first kappa shape index (κ1) is 27.7. The number of likely N-dealkylation sites (tertiary alicyclic amines) is 1. The second-order valence-electron chi connectivity index (χ2n) is 9.70. The lowest BCUT2D eigenvalue weighted by Crippen LogP contribution is -2.30. The summed E-state index contributed by atoms with van der Waals surface area (Å²) in [6, 6.07) is 22.5. The number of benzene rings is 3. The molecule has 1 aliphatic heterocycles. The van der Waals surface area contributed by atoms with Gasteiger partial charge in [-0.05, 0) is 73.8 Å². The van der Waals surface area contributed by atoms with Crippen molar-refractivity contribution < 1.29 is 17.9 Å². The van der Waals surface area contributed by atoms with Gasteiger partial charge < -0.3 is 10.1 Å². The van der Waals surface area contributed by atoms with E-state index >= 15 is 0 Å². The van der Waals surface area contributed by atoms with E-state index in [0.29, 0.717) is 30.2 Å². The van der Waals surface area contributed by atoms with Gasteiger partial charge in [-0.1, -0.05) is 55.0 Å². The van der Waals surface area contributed by atoms with Gasteiger partial charge in [-0.3, -0.25) is 14.0 Å². The predicted molar refractivity (Wildman–Crippen MR) is 152 cm³/mol. The Labute approximate surface area is 226 Å². The van der Waals surface area contributed by atoms with Crippen molar-refractivity contribution in [2.45, 2.75) is 45.8 Å². The molecular formula is C30H37N3O4S. The molecule has 1 heterocycles. The molecule has 0 unspecified atom stereocenters. The minimum Gasteiger partial charge on any atom is -0.492 e. The zero-order chi connectivity index (χ0) is 27.0. The van der Waals surface area contributed by atoms with Gasteiger partial charge in [0.2, 0.25) is 10.0 Å². The molecule has 0 aromatic heterocycles. The topological polar surface area (TPSA) is 79.0 Å². The molecule has 0 aliphatic carbocycles. The highest BCUT2D eigenvalue weighted by atomic mass is 32.2. The smallest absolute Gasteiger partial charge is 0.251 e. The first-order chi connectivity index (χ1) is 18.3. The lowest BCUT2D eigenvalue weighted by atomic mass is 10.1. The van der Waals surface area contributed by atoms with Gasteiger partial charge in [0.05, 0.1) is 25.1 Å². The van der Waals surface area contributed by atoms with Crippen LogP contribution >= 0.6 is 0 Å². The molecule has 1 N–H and O–H groups in total. The van der Waals surface area contributed by atoms with E-state index in [-0.39, 0.29) is 12.5 Å². The number of para-hydroxylation sites is 2. The van der Waals surface area contributed by atoms with E-state index in [1.165, 1.54) is 48.5 Å². The highest BCUT2D eigenvalue weighted by Crippen LogP contribution is 2.31. The molecule has 38 heavy (non-hydrogen) atoms. The van der Waals surface area contributed by atoms with Crippen LogP contribution in [0.15, 0.2) is 72.8 Å². The van der Waals surface area contributed by atoms with Crippen LogP contribution in [-0.4, -0.2) is 45.2 Å². The fourth-order valence-electron chi connectivity index (χ4n) is 4.67. The molecular weight excluding hydrogens is 498 g/mol. The standard InChI is InChI=1S/C30H37N3O4S/c1-3-37-29-10-6-5-9-28(29)33(38(2,35)36)23-26-15-17-27(18-16-26)30(34)31-21-24-11-13-25(14-12-24)22-32-19-7-4-8-20-32/h5-6,9-18H,3-4,7-8,19-23H2,1-2H3,(H,31,34). The van der Waals surface area contributed by atoms with Crippen LogP contribution in [0.3, 0.4) is 0 Å². The Morgan fingerprint density at radius 2 is 1.53 bits per heavy atom. The molecule has 0 radical (unpaired) electrons. The molecule has 0 saturated carbocycles. The van der Waals surface area contributed by atoms with Gasteiger partial charge in [0.1, 0.15) is 5.75 Å². The quantitative estimate of drug-likeness (QED) is 0.375. The average molecular weight is 536 g/mol. The fraction of sp³-hybridized carbons (Fsp3) is 0.367. The summed E-state index contributed by atoms with van der Waals surface area (Å²) in [5.74, 6) is 0.339. The van der Waals surface area contributed by atoms with Crippen LogP contribution in [0.2, 0.25) is 0 Å². The van der Waals surface area contributed by atoms with Crippen LogP contribution < -0.4 is 14.4 Å². The maximum atomic E-state index is 12.7. The Morgan fingerprint density at radius 1 is 0.895 bits per heavy atom. The summed E-state index contributed by atoms with van der Waals surface area (Å²) in [7, 11) is -3.56. The second kappa shape index (κ2) is 12.9. The van der Waals surface area contributed by atoms with E-state index in [4.69, 9.17) is 4.74 Å². The van der Waals surface area contributed by atoms with Crippen molar-refractivity contribution in [2.75, 3.05) is 30.3 Å². The van der Waals surface area contributed by atoms with Gasteiger partial charge in [0.15, 0.2) is 0 Å². The monoisotopic (exact) mass is 535 g/mol. The molecule has 4 rings (SSSR count). The van der Waals surface area contributed by atoms with E-state index in [2.05, 4.69) is 34.5 Å². The van der Waals surface area contributed by atoms with Crippen molar-refractivity contribution >= 4 is 21.6 Å². The van der Waals surface area contributed by atoms with Crippen molar-refractivity contribution in [1.29, 1.82) is 0 Å². The normalized spacial score (nSPS) is 14.2. The number of ether oxygens (including phenoxy) is 1. The highest BCUT2D eigenvalue weighted by Gasteiger charge is 2.21. The Balaban J connectivity index is 1.35. The Morgan fingerprint density at radius 3 is 2.18 bits per heavy atom. The third kappa shape index (κ3) is 7.58. The number of carbonyl (C=O) groups excluding carboxylic acids is 1. The summed E-state index contributed by atoms with van der Waals surface area (Å²) in [5.41, 5.74) is 4.12. The molecule has 1 saturated heterocycles. The van der Waals surface area contributed by atoms with Crippen LogP contribution in [0.4, 0.5) is 5.69 Å². The number of carbonyl (C=O) groups is 1. The molecule has 3 aromatic carbocycles. The lowest BCUT2D eigenvalue weighted by molar-refractivity contribution is 0.0951. The minimum atomic E-state index is -3.56. The summed E-state index contributed by atoms with van der Waals surface area (Å²) < 4.78 is 32.2. The largest absolute Gasteiger partial charge is 0.492 e. The maximum absolute atomic E-state index is 12.7. The van der Waals surface area contributed by atoms with E-state index in [9.17, 15) is 13.2 Å². The van der Waals surface area contributed by atoms with Gasteiger partial charge >= 0.3 is 0 Å².